The summed E-state index contributed by atoms with van der Waals surface area (Å²) in [5.41, 5.74) is 3.51. The first-order valence-corrected chi connectivity index (χ1v) is 11.3. The van der Waals surface area contributed by atoms with Crippen LogP contribution < -0.4 is 10.1 Å². The second-order valence-corrected chi connectivity index (χ2v) is 8.87. The van der Waals surface area contributed by atoms with Gasteiger partial charge in [0, 0.05) is 32.6 Å². The SMILES string of the molecule is COc1ccc(CCC(=O)NCc2ccc(CN3CC(C)OC(C)C3)cc2)cc1Br. The highest BCUT2D eigenvalue weighted by atomic mass is 79.9. The zero-order chi connectivity index (χ0) is 21.5. The van der Waals surface area contributed by atoms with Crippen molar-refractivity contribution >= 4 is 21.8 Å². The van der Waals surface area contributed by atoms with Crippen LogP contribution >= 0.6 is 15.9 Å². The Bertz CT molecular complexity index is 831. The number of amides is 1. The van der Waals surface area contributed by atoms with E-state index in [-0.39, 0.29) is 18.1 Å². The number of halogens is 1. The Morgan fingerprint density at radius 2 is 1.73 bits per heavy atom. The zero-order valence-electron chi connectivity index (χ0n) is 18.0. The molecule has 6 heteroatoms. The molecule has 2 aromatic carbocycles. The van der Waals surface area contributed by atoms with E-state index in [4.69, 9.17) is 9.47 Å². The molecule has 1 amide bonds. The van der Waals surface area contributed by atoms with Gasteiger partial charge in [-0.1, -0.05) is 30.3 Å². The number of aryl methyl sites for hydroxylation is 1. The molecule has 0 bridgehead atoms. The molecule has 0 aromatic heterocycles. The van der Waals surface area contributed by atoms with E-state index < -0.39 is 0 Å². The third-order valence-electron chi connectivity index (χ3n) is 5.27. The molecule has 1 fully saturated rings. The molecule has 3 rings (SSSR count). The van der Waals surface area contributed by atoms with E-state index in [9.17, 15) is 4.79 Å². The van der Waals surface area contributed by atoms with Gasteiger partial charge in [-0.25, -0.2) is 0 Å². The van der Waals surface area contributed by atoms with Crippen LogP contribution in [0.15, 0.2) is 46.9 Å². The Hall–Kier alpha value is -1.89. The highest BCUT2D eigenvalue weighted by Gasteiger charge is 2.21. The average Bonchev–Trinajstić information content (AvgIpc) is 2.71. The molecule has 162 valence electrons. The normalized spacial score (nSPS) is 19.5. The molecule has 1 heterocycles. The summed E-state index contributed by atoms with van der Waals surface area (Å²) in [7, 11) is 1.64. The van der Waals surface area contributed by atoms with Crippen LogP contribution in [0, 0.1) is 0 Å². The number of rotatable bonds is 8. The van der Waals surface area contributed by atoms with Crippen LogP contribution in [0.3, 0.4) is 0 Å². The fraction of sp³-hybridized carbons (Fsp3) is 0.458. The lowest BCUT2D eigenvalue weighted by Gasteiger charge is -2.35. The molecule has 0 radical (unpaired) electrons. The summed E-state index contributed by atoms with van der Waals surface area (Å²) in [6.45, 7) is 7.67. The molecule has 2 atom stereocenters. The molecular formula is C24H31BrN2O3. The van der Waals surface area contributed by atoms with Crippen LogP contribution in [0.1, 0.15) is 37.0 Å². The van der Waals surface area contributed by atoms with Gasteiger partial charge in [0.1, 0.15) is 5.75 Å². The molecule has 1 aliphatic rings. The molecule has 0 spiro atoms. The van der Waals surface area contributed by atoms with E-state index in [1.54, 1.807) is 7.11 Å². The Balaban J connectivity index is 1.42. The minimum absolute atomic E-state index is 0.0577. The Kier molecular flexibility index (Phi) is 8.31. The first kappa shape index (κ1) is 22.8. The van der Waals surface area contributed by atoms with Crippen molar-refractivity contribution in [1.29, 1.82) is 0 Å². The van der Waals surface area contributed by atoms with Gasteiger partial charge in [-0.3, -0.25) is 9.69 Å². The largest absolute Gasteiger partial charge is 0.496 e. The zero-order valence-corrected chi connectivity index (χ0v) is 19.6. The van der Waals surface area contributed by atoms with E-state index in [2.05, 4.69) is 64.3 Å². The Labute approximate surface area is 187 Å². The first-order valence-electron chi connectivity index (χ1n) is 10.5. The number of morpholine rings is 1. The highest BCUT2D eigenvalue weighted by Crippen LogP contribution is 2.26. The summed E-state index contributed by atoms with van der Waals surface area (Å²) >= 11 is 3.48. The summed E-state index contributed by atoms with van der Waals surface area (Å²) in [5, 5.41) is 3.02. The van der Waals surface area contributed by atoms with Crippen LogP contribution in [0.25, 0.3) is 0 Å². The Morgan fingerprint density at radius 1 is 1.10 bits per heavy atom. The van der Waals surface area contributed by atoms with Crippen molar-refractivity contribution in [3.63, 3.8) is 0 Å². The lowest BCUT2D eigenvalue weighted by Crippen LogP contribution is -2.44. The average molecular weight is 475 g/mol. The third-order valence-corrected chi connectivity index (χ3v) is 5.89. The topological polar surface area (TPSA) is 50.8 Å². The molecule has 0 aliphatic carbocycles. The number of ether oxygens (including phenoxy) is 2. The van der Waals surface area contributed by atoms with E-state index in [0.717, 1.165) is 41.0 Å². The minimum atomic E-state index is 0.0577. The molecule has 0 saturated carbocycles. The first-order chi connectivity index (χ1) is 14.4. The van der Waals surface area contributed by atoms with E-state index in [1.165, 1.54) is 5.56 Å². The van der Waals surface area contributed by atoms with Gasteiger partial charge in [0.2, 0.25) is 5.91 Å². The number of benzene rings is 2. The summed E-state index contributed by atoms with van der Waals surface area (Å²) in [6, 6.07) is 14.4. The summed E-state index contributed by atoms with van der Waals surface area (Å²) in [6.07, 6.45) is 1.72. The monoisotopic (exact) mass is 474 g/mol. The predicted octanol–water partition coefficient (Wildman–Crippen LogP) is 4.32. The van der Waals surface area contributed by atoms with Crippen molar-refractivity contribution in [2.75, 3.05) is 20.2 Å². The highest BCUT2D eigenvalue weighted by molar-refractivity contribution is 9.10. The van der Waals surface area contributed by atoms with Crippen molar-refractivity contribution in [1.82, 2.24) is 10.2 Å². The molecule has 1 aliphatic heterocycles. The van der Waals surface area contributed by atoms with Crippen molar-refractivity contribution in [3.8, 4) is 5.75 Å². The number of methoxy groups -OCH3 is 1. The predicted molar refractivity (Wildman–Crippen MR) is 123 cm³/mol. The van der Waals surface area contributed by atoms with Gasteiger partial charge in [0.15, 0.2) is 0 Å². The number of carbonyl (C=O) groups is 1. The standard InChI is InChI=1S/C24H31BrN2O3/c1-17-14-27(15-18(2)30-17)16-21-6-4-20(5-7-21)13-26-24(28)11-9-19-8-10-23(29-3)22(25)12-19/h4-8,10,12,17-18H,9,11,13-16H2,1-3H3,(H,26,28). The number of carbonyl (C=O) groups excluding carboxylic acids is 1. The maximum atomic E-state index is 12.2. The van der Waals surface area contributed by atoms with Crippen LogP contribution in [-0.2, 0) is 29.0 Å². The van der Waals surface area contributed by atoms with Gasteiger partial charge in [-0.05, 0) is 65.0 Å². The van der Waals surface area contributed by atoms with Crippen molar-refractivity contribution in [2.24, 2.45) is 0 Å². The van der Waals surface area contributed by atoms with Gasteiger partial charge < -0.3 is 14.8 Å². The minimum Gasteiger partial charge on any atom is -0.496 e. The van der Waals surface area contributed by atoms with E-state index in [1.807, 2.05) is 18.2 Å². The van der Waals surface area contributed by atoms with E-state index in [0.29, 0.717) is 19.4 Å². The van der Waals surface area contributed by atoms with Crippen LogP contribution in [0.5, 0.6) is 5.75 Å². The second kappa shape index (κ2) is 10.9. The smallest absolute Gasteiger partial charge is 0.220 e. The molecule has 1 N–H and O–H groups in total. The lowest BCUT2D eigenvalue weighted by molar-refractivity contribution is -0.121. The summed E-state index contributed by atoms with van der Waals surface area (Å²) in [4.78, 5) is 14.7. The van der Waals surface area contributed by atoms with Gasteiger partial charge in [-0.2, -0.15) is 0 Å². The van der Waals surface area contributed by atoms with Gasteiger partial charge in [-0.15, -0.1) is 0 Å². The fourth-order valence-electron chi connectivity index (χ4n) is 3.85. The van der Waals surface area contributed by atoms with Gasteiger partial charge >= 0.3 is 0 Å². The van der Waals surface area contributed by atoms with Crippen molar-refractivity contribution in [3.05, 3.63) is 63.6 Å². The summed E-state index contributed by atoms with van der Waals surface area (Å²) < 4.78 is 11.9. The molecule has 2 aromatic rings. The Morgan fingerprint density at radius 3 is 2.37 bits per heavy atom. The van der Waals surface area contributed by atoms with E-state index >= 15 is 0 Å². The number of nitrogens with zero attached hydrogens (tertiary/aromatic N) is 1. The molecule has 2 unspecified atom stereocenters. The molecule has 30 heavy (non-hydrogen) atoms. The third kappa shape index (κ3) is 6.83. The number of hydrogen-bond donors (Lipinski definition) is 1. The van der Waals surface area contributed by atoms with Crippen LogP contribution in [0.4, 0.5) is 0 Å². The molecule has 1 saturated heterocycles. The molecular weight excluding hydrogens is 444 g/mol. The van der Waals surface area contributed by atoms with Crippen molar-refractivity contribution in [2.45, 2.75) is 52.0 Å². The lowest BCUT2D eigenvalue weighted by atomic mass is 10.1. The summed E-state index contributed by atoms with van der Waals surface area (Å²) in [5.74, 6) is 0.853. The number of nitrogens with one attached hydrogen (secondary N) is 1. The van der Waals surface area contributed by atoms with Gasteiger partial charge in [0.25, 0.3) is 0 Å². The maximum absolute atomic E-state index is 12.2. The van der Waals surface area contributed by atoms with Crippen LogP contribution in [-0.4, -0.2) is 43.2 Å². The maximum Gasteiger partial charge on any atom is 0.220 e. The molecule has 5 nitrogen and oxygen atoms in total. The number of hydrogen-bond acceptors (Lipinski definition) is 4. The van der Waals surface area contributed by atoms with Crippen LogP contribution in [0.2, 0.25) is 0 Å². The van der Waals surface area contributed by atoms with Crippen molar-refractivity contribution < 1.29 is 14.3 Å². The fourth-order valence-corrected chi connectivity index (χ4v) is 4.43. The van der Waals surface area contributed by atoms with Gasteiger partial charge in [0.05, 0.1) is 23.8 Å². The quantitative estimate of drug-likeness (QED) is 0.618. The second-order valence-electron chi connectivity index (χ2n) is 8.01.